The van der Waals surface area contributed by atoms with E-state index < -0.39 is 0 Å². The maximum Gasteiger partial charge on any atom is 0.321 e. The summed E-state index contributed by atoms with van der Waals surface area (Å²) in [6.07, 6.45) is 7.99. The van der Waals surface area contributed by atoms with Gasteiger partial charge in [-0.1, -0.05) is 12.8 Å². The number of nitrogens with one attached hydrogen (secondary N) is 3. The molecule has 4 rings (SSSR count). The second kappa shape index (κ2) is 6.84. The highest BCUT2D eigenvalue weighted by Gasteiger charge is 2.43. The van der Waals surface area contributed by atoms with Gasteiger partial charge in [0.15, 0.2) is 6.54 Å². The Hall–Kier alpha value is -1.40. The van der Waals surface area contributed by atoms with Crippen LogP contribution in [0, 0.1) is 5.92 Å². The van der Waals surface area contributed by atoms with Crippen molar-refractivity contribution >= 4 is 23.3 Å². The van der Waals surface area contributed by atoms with Crippen molar-refractivity contribution in [2.24, 2.45) is 5.92 Å². The average molecular weight is 348 g/mol. The Morgan fingerprint density at radius 3 is 2.75 bits per heavy atom. The van der Waals surface area contributed by atoms with Crippen LogP contribution in [-0.2, 0) is 11.2 Å². The molecule has 1 aromatic rings. The van der Waals surface area contributed by atoms with E-state index in [1.54, 1.807) is 0 Å². The molecule has 3 N–H and O–H groups in total. The number of fused-ring (bicyclic) bond motifs is 1. The van der Waals surface area contributed by atoms with Crippen molar-refractivity contribution in [1.82, 2.24) is 10.6 Å². The van der Waals surface area contributed by atoms with Crippen molar-refractivity contribution in [1.29, 1.82) is 0 Å². The predicted octanol–water partition coefficient (Wildman–Crippen LogP) is 1.41. The number of urea groups is 1. The molecule has 3 amide bonds. The van der Waals surface area contributed by atoms with Crippen LogP contribution in [0.3, 0.4) is 0 Å². The van der Waals surface area contributed by atoms with E-state index >= 15 is 0 Å². The summed E-state index contributed by atoms with van der Waals surface area (Å²) in [6.45, 7) is 1.39. The summed E-state index contributed by atoms with van der Waals surface area (Å²) in [7, 11) is 0. The van der Waals surface area contributed by atoms with Gasteiger partial charge in [0.05, 0.1) is 6.54 Å². The molecular weight excluding hydrogens is 322 g/mol. The molecule has 0 aromatic carbocycles. The van der Waals surface area contributed by atoms with Gasteiger partial charge in [-0.05, 0) is 37.1 Å². The topological polar surface area (TPSA) is 62.6 Å². The minimum Gasteiger partial charge on any atom is -0.335 e. The van der Waals surface area contributed by atoms with Crippen molar-refractivity contribution in [3.05, 3.63) is 21.9 Å². The van der Waals surface area contributed by atoms with E-state index in [1.807, 2.05) is 11.3 Å². The molecule has 0 radical (unpaired) electrons. The molecule has 3 aliphatic rings. The minimum absolute atomic E-state index is 0.148. The second-order valence-corrected chi connectivity index (χ2v) is 8.45. The number of quaternary nitrogens is 1. The molecule has 2 fully saturated rings. The fraction of sp³-hybridized carbons (Fsp3) is 0.667. The third-order valence-electron chi connectivity index (χ3n) is 5.65. The molecule has 2 saturated carbocycles. The van der Waals surface area contributed by atoms with Crippen LogP contribution in [0.15, 0.2) is 11.4 Å². The first-order valence-corrected chi connectivity index (χ1v) is 10.1. The molecule has 1 unspecified atom stereocenters. The number of imide groups is 1. The van der Waals surface area contributed by atoms with Crippen LogP contribution in [-0.4, -0.2) is 31.1 Å². The Morgan fingerprint density at radius 2 is 2.00 bits per heavy atom. The van der Waals surface area contributed by atoms with Crippen LogP contribution in [0.25, 0.3) is 0 Å². The van der Waals surface area contributed by atoms with Crippen molar-refractivity contribution in [2.75, 3.05) is 13.1 Å². The zero-order valence-corrected chi connectivity index (χ0v) is 14.8. The van der Waals surface area contributed by atoms with E-state index in [-0.39, 0.29) is 18.0 Å². The highest BCUT2D eigenvalue weighted by atomic mass is 32.1. The Balaban J connectivity index is 1.34. The van der Waals surface area contributed by atoms with Gasteiger partial charge >= 0.3 is 6.03 Å². The summed E-state index contributed by atoms with van der Waals surface area (Å²) in [5.41, 5.74) is 1.45. The Labute approximate surface area is 146 Å². The standard InChI is InChI=1S/C18H25N3O2S/c22-16(20-18(23)19-13-3-1-2-4-13)11-21-9-7-15-14(8-10-24-15)17(21)12-5-6-12/h8,10,12-13,17H,1-7,9,11H2,(H2,19,20,22,23)/p+1/t17-/m1/s1. The SMILES string of the molecule is O=C(C[NH+]1CCc2sccc2[C@H]1C1CC1)NC(=O)NC1CCCC1. The number of hydrogen-bond acceptors (Lipinski definition) is 3. The fourth-order valence-electron chi connectivity index (χ4n) is 4.36. The molecule has 2 atom stereocenters. The van der Waals surface area contributed by atoms with Crippen molar-refractivity contribution in [3.8, 4) is 0 Å². The molecular formula is C18H26N3O2S+. The maximum absolute atomic E-state index is 12.3. The summed E-state index contributed by atoms with van der Waals surface area (Å²) in [4.78, 5) is 27.2. The molecule has 5 nitrogen and oxygen atoms in total. The summed E-state index contributed by atoms with van der Waals surface area (Å²) < 4.78 is 0. The van der Waals surface area contributed by atoms with Gasteiger partial charge in [-0.3, -0.25) is 10.1 Å². The molecule has 0 spiro atoms. The molecule has 2 heterocycles. The van der Waals surface area contributed by atoms with E-state index in [2.05, 4.69) is 22.1 Å². The number of hydrogen-bond donors (Lipinski definition) is 3. The molecule has 24 heavy (non-hydrogen) atoms. The van der Waals surface area contributed by atoms with Crippen LogP contribution in [0.4, 0.5) is 4.79 Å². The summed E-state index contributed by atoms with van der Waals surface area (Å²) in [6, 6.07) is 2.62. The zero-order chi connectivity index (χ0) is 16.5. The first-order chi connectivity index (χ1) is 11.7. The van der Waals surface area contributed by atoms with Crippen molar-refractivity contribution in [2.45, 2.75) is 57.0 Å². The third-order valence-corrected chi connectivity index (χ3v) is 6.65. The lowest BCUT2D eigenvalue weighted by Crippen LogP contribution is -3.14. The first kappa shape index (κ1) is 16.1. The lowest BCUT2D eigenvalue weighted by atomic mass is 9.96. The predicted molar refractivity (Wildman–Crippen MR) is 93.1 cm³/mol. The molecule has 2 aliphatic carbocycles. The largest absolute Gasteiger partial charge is 0.335 e. The van der Waals surface area contributed by atoms with Crippen LogP contribution >= 0.6 is 11.3 Å². The summed E-state index contributed by atoms with van der Waals surface area (Å²) >= 11 is 1.85. The highest BCUT2D eigenvalue weighted by molar-refractivity contribution is 7.10. The smallest absolute Gasteiger partial charge is 0.321 e. The first-order valence-electron chi connectivity index (χ1n) is 9.22. The van der Waals surface area contributed by atoms with Crippen LogP contribution < -0.4 is 15.5 Å². The van der Waals surface area contributed by atoms with E-state index in [1.165, 1.54) is 41.0 Å². The Morgan fingerprint density at radius 1 is 1.21 bits per heavy atom. The summed E-state index contributed by atoms with van der Waals surface area (Å²) in [5, 5.41) is 7.65. The molecule has 1 aliphatic heterocycles. The normalized spacial score (nSPS) is 26.8. The Kier molecular flexibility index (Phi) is 4.59. The molecule has 6 heteroatoms. The number of carbonyl (C=O) groups excluding carboxylic acids is 2. The Bertz CT molecular complexity index is 620. The van der Waals surface area contributed by atoms with Gasteiger partial charge in [-0.25, -0.2) is 4.79 Å². The van der Waals surface area contributed by atoms with Gasteiger partial charge in [0.2, 0.25) is 0 Å². The van der Waals surface area contributed by atoms with E-state index in [9.17, 15) is 9.59 Å². The lowest BCUT2D eigenvalue weighted by Gasteiger charge is -2.32. The number of thiophene rings is 1. The van der Waals surface area contributed by atoms with E-state index in [0.717, 1.165) is 25.8 Å². The van der Waals surface area contributed by atoms with Crippen molar-refractivity contribution < 1.29 is 14.5 Å². The van der Waals surface area contributed by atoms with E-state index in [4.69, 9.17) is 0 Å². The van der Waals surface area contributed by atoms with Crippen molar-refractivity contribution in [3.63, 3.8) is 0 Å². The van der Waals surface area contributed by atoms with Gasteiger partial charge < -0.3 is 10.2 Å². The summed E-state index contributed by atoms with van der Waals surface area (Å²) in [5.74, 6) is 0.568. The second-order valence-electron chi connectivity index (χ2n) is 7.45. The van der Waals surface area contributed by atoms with Crippen LogP contribution in [0.2, 0.25) is 0 Å². The van der Waals surface area contributed by atoms with Crippen LogP contribution in [0.5, 0.6) is 0 Å². The quantitative estimate of drug-likeness (QED) is 0.770. The monoisotopic (exact) mass is 348 g/mol. The van der Waals surface area contributed by atoms with Gasteiger partial charge in [-0.15, -0.1) is 11.3 Å². The molecule has 1 aromatic heterocycles. The number of amides is 3. The highest BCUT2D eigenvalue weighted by Crippen LogP contribution is 2.42. The minimum atomic E-state index is -0.317. The molecule has 0 bridgehead atoms. The van der Waals surface area contributed by atoms with Crippen LogP contribution in [0.1, 0.15) is 55.0 Å². The number of rotatable bonds is 4. The van der Waals surface area contributed by atoms with Gasteiger partial charge in [-0.2, -0.15) is 0 Å². The average Bonchev–Trinajstić information content (AvgIpc) is 3.05. The van der Waals surface area contributed by atoms with Gasteiger partial charge in [0, 0.05) is 28.8 Å². The van der Waals surface area contributed by atoms with Gasteiger partial charge in [0.25, 0.3) is 5.91 Å². The zero-order valence-electron chi connectivity index (χ0n) is 14.0. The maximum atomic E-state index is 12.3. The van der Waals surface area contributed by atoms with E-state index in [0.29, 0.717) is 18.5 Å². The lowest BCUT2D eigenvalue weighted by molar-refractivity contribution is -0.928. The fourth-order valence-corrected chi connectivity index (χ4v) is 5.29. The molecule has 130 valence electrons. The third kappa shape index (κ3) is 3.49. The van der Waals surface area contributed by atoms with Gasteiger partial charge in [0.1, 0.15) is 6.04 Å². The molecule has 0 saturated heterocycles. The number of carbonyl (C=O) groups is 2.